The Labute approximate surface area is 95.3 Å². The molecule has 0 spiro atoms. The van der Waals surface area contributed by atoms with E-state index in [-0.39, 0.29) is 5.54 Å². The van der Waals surface area contributed by atoms with Crippen LogP contribution in [0.3, 0.4) is 0 Å². The number of halogens is 1. The van der Waals surface area contributed by atoms with Crippen LogP contribution in [0.4, 0.5) is 0 Å². The summed E-state index contributed by atoms with van der Waals surface area (Å²) < 4.78 is 2.23. The number of hydrogen-bond donors (Lipinski definition) is 1. The molecule has 0 aliphatic heterocycles. The molecule has 0 aliphatic carbocycles. The third-order valence-corrected chi connectivity index (χ3v) is 3.77. The highest BCUT2D eigenvalue weighted by atomic mass is 79.9. The first-order valence-corrected chi connectivity index (χ1v) is 5.93. The molecule has 4 heteroatoms. The van der Waals surface area contributed by atoms with Crippen LogP contribution in [0.2, 0.25) is 0 Å². The van der Waals surface area contributed by atoms with Crippen LogP contribution >= 0.6 is 27.3 Å². The van der Waals surface area contributed by atoms with E-state index in [0.717, 1.165) is 15.0 Å². The van der Waals surface area contributed by atoms with E-state index in [0.29, 0.717) is 0 Å². The zero-order valence-corrected chi connectivity index (χ0v) is 10.4. The third-order valence-electron chi connectivity index (χ3n) is 1.90. The first-order chi connectivity index (χ1) is 6.47. The quantitative estimate of drug-likeness (QED) is 0.864. The molecule has 0 amide bonds. The second kappa shape index (κ2) is 3.29. The maximum atomic E-state index is 5.99. The molecule has 0 saturated heterocycles. The van der Waals surface area contributed by atoms with E-state index in [1.165, 1.54) is 4.70 Å². The molecule has 0 radical (unpaired) electrons. The second-order valence-corrected chi connectivity index (χ2v) is 5.80. The van der Waals surface area contributed by atoms with Crippen molar-refractivity contribution in [3.63, 3.8) is 0 Å². The van der Waals surface area contributed by atoms with Crippen LogP contribution < -0.4 is 5.73 Å². The lowest BCUT2D eigenvalue weighted by atomic mass is 10.1. The van der Waals surface area contributed by atoms with Crippen molar-refractivity contribution in [1.29, 1.82) is 0 Å². The van der Waals surface area contributed by atoms with E-state index in [9.17, 15) is 0 Å². The van der Waals surface area contributed by atoms with Crippen molar-refractivity contribution >= 4 is 37.5 Å². The lowest BCUT2D eigenvalue weighted by molar-refractivity contribution is 0.551. The Hall–Kier alpha value is -0.450. The van der Waals surface area contributed by atoms with Crippen molar-refractivity contribution in [2.45, 2.75) is 19.4 Å². The van der Waals surface area contributed by atoms with Gasteiger partial charge in [-0.2, -0.15) is 0 Å². The smallest absolute Gasteiger partial charge is 0.113 e. The van der Waals surface area contributed by atoms with E-state index in [2.05, 4.69) is 27.0 Å². The fourth-order valence-electron chi connectivity index (χ4n) is 1.18. The van der Waals surface area contributed by atoms with Crippen LogP contribution in [0, 0.1) is 0 Å². The number of aromatic nitrogens is 1. The van der Waals surface area contributed by atoms with Gasteiger partial charge in [-0.1, -0.05) is 15.9 Å². The Morgan fingerprint density at radius 2 is 2.14 bits per heavy atom. The minimum absolute atomic E-state index is 0.351. The molecule has 14 heavy (non-hydrogen) atoms. The van der Waals surface area contributed by atoms with Gasteiger partial charge in [0.15, 0.2) is 0 Å². The minimum atomic E-state index is -0.351. The minimum Gasteiger partial charge on any atom is -0.320 e. The van der Waals surface area contributed by atoms with Crippen molar-refractivity contribution in [3.8, 4) is 0 Å². The number of thiazole rings is 1. The zero-order chi connectivity index (χ0) is 10.3. The van der Waals surface area contributed by atoms with Crippen LogP contribution in [0.15, 0.2) is 22.7 Å². The molecule has 2 nitrogen and oxygen atoms in total. The van der Waals surface area contributed by atoms with Crippen LogP contribution in [0.25, 0.3) is 10.2 Å². The monoisotopic (exact) mass is 270 g/mol. The number of benzene rings is 1. The Morgan fingerprint density at radius 1 is 1.43 bits per heavy atom. The number of nitrogens with zero attached hydrogens (tertiary/aromatic N) is 1. The van der Waals surface area contributed by atoms with Gasteiger partial charge in [0, 0.05) is 4.47 Å². The molecule has 0 bridgehead atoms. The third kappa shape index (κ3) is 1.82. The second-order valence-electron chi connectivity index (χ2n) is 3.85. The highest BCUT2D eigenvalue weighted by molar-refractivity contribution is 9.10. The summed E-state index contributed by atoms with van der Waals surface area (Å²) in [7, 11) is 0. The van der Waals surface area contributed by atoms with Crippen LogP contribution in [0.5, 0.6) is 0 Å². The molecule has 2 N–H and O–H groups in total. The van der Waals surface area contributed by atoms with Crippen LogP contribution in [-0.4, -0.2) is 4.98 Å². The molecule has 74 valence electrons. The van der Waals surface area contributed by atoms with Gasteiger partial charge < -0.3 is 5.73 Å². The van der Waals surface area contributed by atoms with Crippen molar-refractivity contribution in [2.24, 2.45) is 5.73 Å². The summed E-state index contributed by atoms with van der Waals surface area (Å²) in [5, 5.41) is 0.977. The van der Waals surface area contributed by atoms with E-state index in [1.807, 2.05) is 26.0 Å². The average Bonchev–Trinajstić information content (AvgIpc) is 2.45. The number of rotatable bonds is 1. The number of hydrogen-bond acceptors (Lipinski definition) is 3. The summed E-state index contributed by atoms with van der Waals surface area (Å²) in [6, 6.07) is 6.10. The Balaban J connectivity index is 2.63. The van der Waals surface area contributed by atoms with Gasteiger partial charge in [0.05, 0.1) is 15.8 Å². The first-order valence-electron chi connectivity index (χ1n) is 4.32. The summed E-state index contributed by atoms with van der Waals surface area (Å²) in [6.45, 7) is 3.94. The topological polar surface area (TPSA) is 38.9 Å². The van der Waals surface area contributed by atoms with Gasteiger partial charge >= 0.3 is 0 Å². The number of fused-ring (bicyclic) bond motifs is 1. The molecule has 1 aromatic carbocycles. The summed E-state index contributed by atoms with van der Waals surface area (Å²) in [5.74, 6) is 0. The molecule has 0 aliphatic rings. The maximum Gasteiger partial charge on any atom is 0.113 e. The standard InChI is InChI=1S/C10H11BrN2S/c1-10(2,12)9-13-7-5-6(11)3-4-8(7)14-9/h3-5H,12H2,1-2H3. The predicted molar refractivity (Wildman–Crippen MR) is 64.5 cm³/mol. The summed E-state index contributed by atoms with van der Waals surface area (Å²) in [4.78, 5) is 4.51. The molecule has 0 saturated carbocycles. The van der Waals surface area contributed by atoms with E-state index < -0.39 is 0 Å². The van der Waals surface area contributed by atoms with Gasteiger partial charge in [-0.05, 0) is 32.0 Å². The van der Waals surface area contributed by atoms with Gasteiger partial charge in [-0.3, -0.25) is 0 Å². The van der Waals surface area contributed by atoms with E-state index in [1.54, 1.807) is 11.3 Å². The van der Waals surface area contributed by atoms with Crippen molar-refractivity contribution in [2.75, 3.05) is 0 Å². The van der Waals surface area contributed by atoms with Crippen LogP contribution in [-0.2, 0) is 5.54 Å². The molecular weight excluding hydrogens is 260 g/mol. The number of nitrogens with two attached hydrogens (primary N) is 1. The van der Waals surface area contributed by atoms with Crippen LogP contribution in [0.1, 0.15) is 18.9 Å². The van der Waals surface area contributed by atoms with Crippen molar-refractivity contribution < 1.29 is 0 Å². The van der Waals surface area contributed by atoms with E-state index in [4.69, 9.17) is 5.73 Å². The zero-order valence-electron chi connectivity index (χ0n) is 8.04. The summed E-state index contributed by atoms with van der Waals surface area (Å²) >= 11 is 5.08. The van der Waals surface area contributed by atoms with Gasteiger partial charge in [0.1, 0.15) is 5.01 Å². The Morgan fingerprint density at radius 3 is 2.79 bits per heavy atom. The highest BCUT2D eigenvalue weighted by Gasteiger charge is 2.18. The summed E-state index contributed by atoms with van der Waals surface area (Å²) in [6.07, 6.45) is 0. The molecule has 1 heterocycles. The fourth-order valence-corrected chi connectivity index (χ4v) is 2.49. The molecular formula is C10H11BrN2S. The predicted octanol–water partition coefficient (Wildman–Crippen LogP) is 3.25. The van der Waals surface area contributed by atoms with Gasteiger partial charge in [-0.25, -0.2) is 4.98 Å². The summed E-state index contributed by atoms with van der Waals surface area (Å²) in [5.41, 5.74) is 6.66. The largest absolute Gasteiger partial charge is 0.320 e. The fraction of sp³-hybridized carbons (Fsp3) is 0.300. The molecule has 1 aromatic heterocycles. The normalized spacial score (nSPS) is 12.3. The molecule has 2 rings (SSSR count). The van der Waals surface area contributed by atoms with Gasteiger partial charge in [-0.15, -0.1) is 11.3 Å². The van der Waals surface area contributed by atoms with Gasteiger partial charge in [0.2, 0.25) is 0 Å². The molecule has 0 fully saturated rings. The molecule has 2 aromatic rings. The van der Waals surface area contributed by atoms with Crippen molar-refractivity contribution in [3.05, 3.63) is 27.7 Å². The average molecular weight is 271 g/mol. The Kier molecular flexibility index (Phi) is 2.37. The highest BCUT2D eigenvalue weighted by Crippen LogP contribution is 2.29. The first kappa shape index (κ1) is 10.1. The Bertz CT molecular complexity index is 470. The molecule has 0 atom stereocenters. The molecule has 0 unspecified atom stereocenters. The SMILES string of the molecule is CC(C)(N)c1nc2cc(Br)ccc2s1. The maximum absolute atomic E-state index is 5.99. The lowest BCUT2D eigenvalue weighted by Crippen LogP contribution is -2.28. The lowest BCUT2D eigenvalue weighted by Gasteiger charge is -2.13. The van der Waals surface area contributed by atoms with E-state index >= 15 is 0 Å². The van der Waals surface area contributed by atoms with Crippen molar-refractivity contribution in [1.82, 2.24) is 4.98 Å². The van der Waals surface area contributed by atoms with Gasteiger partial charge in [0.25, 0.3) is 0 Å².